The van der Waals surface area contributed by atoms with Crippen molar-refractivity contribution in [2.75, 3.05) is 0 Å². The summed E-state index contributed by atoms with van der Waals surface area (Å²) in [6, 6.07) is 6.24. The van der Waals surface area contributed by atoms with Crippen molar-refractivity contribution in [1.82, 2.24) is 0 Å². The lowest BCUT2D eigenvalue weighted by Gasteiger charge is -2.32. The van der Waals surface area contributed by atoms with Gasteiger partial charge in [-0.05, 0) is 128 Å². The first-order valence-corrected chi connectivity index (χ1v) is 15.1. The second-order valence-corrected chi connectivity index (χ2v) is 12.0. The molecule has 0 N–H and O–H groups in total. The molecule has 1 nitrogen and oxygen atoms in total. The molecule has 0 saturated heterocycles. The van der Waals surface area contributed by atoms with Gasteiger partial charge in [0.15, 0.2) is 23.3 Å². The number of halogens is 9. The van der Waals surface area contributed by atoms with Gasteiger partial charge in [-0.15, -0.1) is 13.2 Å². The highest BCUT2D eigenvalue weighted by Crippen LogP contribution is 2.45. The van der Waals surface area contributed by atoms with Crippen LogP contribution in [0.15, 0.2) is 30.3 Å². The van der Waals surface area contributed by atoms with E-state index in [9.17, 15) is 30.7 Å². The maximum Gasteiger partial charge on any atom is 0.573 e. The molecular weight excluding hydrogens is 595 g/mol. The van der Waals surface area contributed by atoms with Crippen molar-refractivity contribution in [3.05, 3.63) is 98.6 Å². The Morgan fingerprint density at radius 1 is 0.727 bits per heavy atom. The normalized spacial score (nSPS) is 20.5. The number of hydrogen-bond donors (Lipinski definition) is 0. The van der Waals surface area contributed by atoms with E-state index in [0.717, 1.165) is 12.1 Å². The monoisotopic (exact) mass is 628 g/mol. The lowest BCUT2D eigenvalue weighted by atomic mass is 9.74. The van der Waals surface area contributed by atoms with Crippen LogP contribution in [-0.2, 0) is 25.7 Å². The smallest absolute Gasteiger partial charge is 0.399 e. The zero-order valence-electron chi connectivity index (χ0n) is 24.2. The maximum absolute atomic E-state index is 15.7. The predicted molar refractivity (Wildman–Crippen MR) is 148 cm³/mol. The zero-order chi connectivity index (χ0) is 31.8. The molecular formula is C34H33F9O. The molecule has 2 aliphatic rings. The van der Waals surface area contributed by atoms with Crippen LogP contribution >= 0.6 is 0 Å². The molecule has 0 aliphatic heterocycles. The number of benzene rings is 3. The highest BCUT2D eigenvalue weighted by Gasteiger charge is 2.36. The van der Waals surface area contributed by atoms with Crippen LogP contribution in [0.2, 0.25) is 0 Å². The quantitative estimate of drug-likeness (QED) is 0.226. The number of alkyl halides is 3. The van der Waals surface area contributed by atoms with E-state index in [0.29, 0.717) is 92.9 Å². The Balaban J connectivity index is 1.23. The number of aryl methyl sites for hydroxylation is 2. The summed E-state index contributed by atoms with van der Waals surface area (Å²) >= 11 is 0. The molecule has 1 fully saturated rings. The second-order valence-electron chi connectivity index (χ2n) is 12.0. The van der Waals surface area contributed by atoms with Crippen LogP contribution < -0.4 is 4.74 Å². The van der Waals surface area contributed by atoms with Gasteiger partial charge in [0.25, 0.3) is 0 Å². The molecule has 3 aromatic rings. The molecule has 10 heteroatoms. The van der Waals surface area contributed by atoms with E-state index in [2.05, 4.69) is 4.74 Å². The van der Waals surface area contributed by atoms with Crippen LogP contribution in [0.1, 0.15) is 97.1 Å². The molecule has 0 bridgehead atoms. The summed E-state index contributed by atoms with van der Waals surface area (Å²) < 4.78 is 129. The number of ether oxygens (including phenoxy) is 1. The SMILES string of the molecule is CCCc1ccc(CCC2CCc3c(cc(F)c(C4CCC(c5cc(F)c(OC(F)(F)F)c(F)c5)CC4)c3F)C2)c(F)c1F. The summed E-state index contributed by atoms with van der Waals surface area (Å²) in [6.45, 7) is 1.89. The van der Waals surface area contributed by atoms with E-state index in [1.807, 2.05) is 6.92 Å². The topological polar surface area (TPSA) is 9.23 Å². The molecule has 238 valence electrons. The number of rotatable bonds is 8. The first-order valence-electron chi connectivity index (χ1n) is 15.1. The van der Waals surface area contributed by atoms with Gasteiger partial charge in [-0.1, -0.05) is 25.5 Å². The largest absolute Gasteiger partial charge is 0.573 e. The Morgan fingerprint density at radius 3 is 1.91 bits per heavy atom. The Morgan fingerprint density at radius 2 is 1.32 bits per heavy atom. The Bertz CT molecular complexity index is 1480. The van der Waals surface area contributed by atoms with Crippen molar-refractivity contribution >= 4 is 0 Å². The zero-order valence-corrected chi connectivity index (χ0v) is 24.2. The molecule has 1 atom stereocenters. The van der Waals surface area contributed by atoms with Gasteiger partial charge in [0, 0.05) is 5.56 Å². The molecule has 1 unspecified atom stereocenters. The van der Waals surface area contributed by atoms with Crippen LogP contribution in [0.5, 0.6) is 5.75 Å². The van der Waals surface area contributed by atoms with Crippen molar-refractivity contribution in [3.8, 4) is 5.75 Å². The van der Waals surface area contributed by atoms with Crippen molar-refractivity contribution in [1.29, 1.82) is 0 Å². The highest BCUT2D eigenvalue weighted by atomic mass is 19.4. The van der Waals surface area contributed by atoms with E-state index in [1.165, 1.54) is 6.07 Å². The first kappa shape index (κ1) is 32.2. The summed E-state index contributed by atoms with van der Waals surface area (Å²) in [7, 11) is 0. The molecule has 3 aromatic carbocycles. The molecule has 2 aliphatic carbocycles. The van der Waals surface area contributed by atoms with Crippen LogP contribution in [0.4, 0.5) is 39.5 Å². The van der Waals surface area contributed by atoms with Crippen LogP contribution in [0.3, 0.4) is 0 Å². The Labute approximate surface area is 250 Å². The van der Waals surface area contributed by atoms with Gasteiger partial charge in [-0.2, -0.15) is 0 Å². The van der Waals surface area contributed by atoms with E-state index < -0.39 is 52.9 Å². The molecule has 0 spiro atoms. The van der Waals surface area contributed by atoms with Gasteiger partial charge in [0.1, 0.15) is 11.6 Å². The minimum absolute atomic E-state index is 0.00310. The molecule has 44 heavy (non-hydrogen) atoms. The minimum atomic E-state index is -5.24. The standard InChI is InChI=1S/C34H33F9O/c1-2-3-21-11-12-22(31(39)30(21)38)6-4-18-5-13-25-24(14-18)17-26(35)29(32(25)40)20-9-7-19(8-10-20)23-15-27(36)33(28(37)16-23)44-34(41,42)43/h11-12,15-20H,2-10,13-14H2,1H3. The Kier molecular flexibility index (Phi) is 9.56. The summed E-state index contributed by atoms with van der Waals surface area (Å²) in [6.07, 6.45) is -0.377. The van der Waals surface area contributed by atoms with Gasteiger partial charge in [-0.25, -0.2) is 26.3 Å². The number of fused-ring (bicyclic) bond motifs is 1. The molecule has 0 aromatic heterocycles. The van der Waals surface area contributed by atoms with Gasteiger partial charge >= 0.3 is 6.36 Å². The summed E-state index contributed by atoms with van der Waals surface area (Å²) in [5, 5.41) is 0. The van der Waals surface area contributed by atoms with Crippen molar-refractivity contribution in [3.63, 3.8) is 0 Å². The summed E-state index contributed by atoms with van der Waals surface area (Å²) in [5.41, 5.74) is 1.86. The fraction of sp³-hybridized carbons (Fsp3) is 0.471. The average Bonchev–Trinajstić information content (AvgIpc) is 2.96. The third kappa shape index (κ3) is 6.89. The van der Waals surface area contributed by atoms with Crippen LogP contribution in [0.25, 0.3) is 0 Å². The number of hydrogen-bond acceptors (Lipinski definition) is 1. The average molecular weight is 629 g/mol. The fourth-order valence-electron chi connectivity index (χ4n) is 6.95. The molecule has 5 rings (SSSR count). The van der Waals surface area contributed by atoms with Crippen LogP contribution in [0, 0.1) is 40.8 Å². The van der Waals surface area contributed by atoms with E-state index >= 15 is 8.78 Å². The van der Waals surface area contributed by atoms with E-state index in [-0.39, 0.29) is 23.0 Å². The first-order chi connectivity index (χ1) is 20.9. The van der Waals surface area contributed by atoms with Gasteiger partial charge in [0.05, 0.1) is 0 Å². The third-order valence-electron chi connectivity index (χ3n) is 9.19. The molecule has 0 radical (unpaired) electrons. The lowest BCUT2D eigenvalue weighted by Crippen LogP contribution is -2.21. The van der Waals surface area contributed by atoms with Crippen molar-refractivity contribution < 1.29 is 44.3 Å². The van der Waals surface area contributed by atoms with Crippen LogP contribution in [-0.4, -0.2) is 6.36 Å². The predicted octanol–water partition coefficient (Wildman–Crippen LogP) is 10.6. The molecule has 1 saturated carbocycles. The maximum atomic E-state index is 15.7. The van der Waals surface area contributed by atoms with Gasteiger partial charge < -0.3 is 4.74 Å². The third-order valence-corrected chi connectivity index (χ3v) is 9.19. The van der Waals surface area contributed by atoms with Crippen molar-refractivity contribution in [2.45, 2.75) is 95.8 Å². The highest BCUT2D eigenvalue weighted by molar-refractivity contribution is 5.40. The van der Waals surface area contributed by atoms with Gasteiger partial charge in [-0.3, -0.25) is 0 Å². The van der Waals surface area contributed by atoms with E-state index in [4.69, 9.17) is 0 Å². The van der Waals surface area contributed by atoms with Crippen molar-refractivity contribution in [2.24, 2.45) is 5.92 Å². The van der Waals surface area contributed by atoms with Gasteiger partial charge in [0.2, 0.25) is 5.75 Å². The van der Waals surface area contributed by atoms with E-state index in [1.54, 1.807) is 12.1 Å². The molecule has 0 heterocycles. The molecule has 0 amide bonds. The minimum Gasteiger partial charge on any atom is -0.399 e. The summed E-state index contributed by atoms with van der Waals surface area (Å²) in [5.74, 6) is -8.10. The summed E-state index contributed by atoms with van der Waals surface area (Å²) in [4.78, 5) is 0. The Hall–Kier alpha value is -3.17. The lowest BCUT2D eigenvalue weighted by molar-refractivity contribution is -0.276. The fourth-order valence-corrected chi connectivity index (χ4v) is 6.95. The second kappa shape index (κ2) is 13.1.